The van der Waals surface area contributed by atoms with Crippen LogP contribution in [0.5, 0.6) is 5.75 Å². The molecule has 1 amide bonds. The molecule has 1 saturated carbocycles. The number of benzene rings is 2. The number of carbonyl (C=O) groups excluding carboxylic acids is 1. The topological polar surface area (TPSA) is 88.7 Å². The number of anilines is 2. The third-order valence-corrected chi connectivity index (χ3v) is 4.71. The summed E-state index contributed by atoms with van der Waals surface area (Å²) in [5, 5.41) is 6.07. The lowest BCUT2D eigenvalue weighted by Gasteiger charge is -2.11. The highest BCUT2D eigenvalue weighted by Crippen LogP contribution is 2.26. The molecule has 4 N–H and O–H groups in total. The molecule has 6 nitrogen and oxygen atoms in total. The summed E-state index contributed by atoms with van der Waals surface area (Å²) in [5.74, 6) is 1.39. The van der Waals surface area contributed by atoms with Gasteiger partial charge in [-0.25, -0.2) is 4.99 Å². The van der Waals surface area contributed by atoms with Crippen molar-refractivity contribution in [1.29, 1.82) is 0 Å². The molecule has 0 atom stereocenters. The molecule has 1 aliphatic rings. The predicted molar refractivity (Wildman–Crippen MR) is 109 cm³/mol. The first kappa shape index (κ1) is 18.8. The highest BCUT2D eigenvalue weighted by Gasteiger charge is 2.22. The quantitative estimate of drug-likeness (QED) is 0.536. The van der Waals surface area contributed by atoms with E-state index in [1.54, 1.807) is 7.11 Å². The monoisotopic (exact) mass is 366 g/mol. The van der Waals surface area contributed by atoms with Gasteiger partial charge in [0.15, 0.2) is 5.96 Å². The number of ether oxygens (including phenoxy) is 1. The van der Waals surface area contributed by atoms with Crippen LogP contribution < -0.4 is 21.1 Å². The Bertz CT molecular complexity index is 796. The van der Waals surface area contributed by atoms with E-state index in [-0.39, 0.29) is 11.8 Å². The van der Waals surface area contributed by atoms with Gasteiger partial charge in [-0.15, -0.1) is 0 Å². The summed E-state index contributed by atoms with van der Waals surface area (Å²) in [6, 6.07) is 15.2. The van der Waals surface area contributed by atoms with Gasteiger partial charge >= 0.3 is 0 Å². The van der Waals surface area contributed by atoms with Crippen LogP contribution in [-0.4, -0.2) is 19.0 Å². The fourth-order valence-electron chi connectivity index (χ4n) is 3.22. The van der Waals surface area contributed by atoms with Gasteiger partial charge in [0, 0.05) is 17.3 Å². The normalized spacial score (nSPS) is 14.8. The lowest BCUT2D eigenvalue weighted by atomic mass is 10.1. The number of amides is 1. The minimum Gasteiger partial charge on any atom is -0.497 e. The van der Waals surface area contributed by atoms with E-state index in [1.165, 1.54) is 0 Å². The van der Waals surface area contributed by atoms with Gasteiger partial charge in [-0.1, -0.05) is 25.0 Å². The first-order valence-electron chi connectivity index (χ1n) is 9.25. The Morgan fingerprint density at radius 2 is 1.85 bits per heavy atom. The van der Waals surface area contributed by atoms with Crippen molar-refractivity contribution in [2.24, 2.45) is 16.6 Å². The Labute approximate surface area is 159 Å². The van der Waals surface area contributed by atoms with E-state index in [4.69, 9.17) is 10.5 Å². The molecule has 3 rings (SSSR count). The summed E-state index contributed by atoms with van der Waals surface area (Å²) in [5.41, 5.74) is 8.60. The maximum absolute atomic E-state index is 12.3. The molecule has 0 saturated heterocycles. The van der Waals surface area contributed by atoms with Crippen molar-refractivity contribution in [2.75, 3.05) is 17.7 Å². The number of hydrogen-bond acceptors (Lipinski definition) is 3. The Kier molecular flexibility index (Phi) is 6.30. The molecule has 27 heavy (non-hydrogen) atoms. The van der Waals surface area contributed by atoms with Crippen LogP contribution in [0.25, 0.3) is 0 Å². The van der Waals surface area contributed by atoms with E-state index in [1.807, 2.05) is 48.5 Å². The number of rotatable bonds is 6. The van der Waals surface area contributed by atoms with E-state index in [9.17, 15) is 4.79 Å². The van der Waals surface area contributed by atoms with Crippen molar-refractivity contribution >= 4 is 23.2 Å². The zero-order valence-electron chi connectivity index (χ0n) is 15.6. The van der Waals surface area contributed by atoms with Gasteiger partial charge < -0.3 is 21.1 Å². The van der Waals surface area contributed by atoms with Crippen LogP contribution in [0.15, 0.2) is 53.5 Å². The Morgan fingerprint density at radius 3 is 2.56 bits per heavy atom. The lowest BCUT2D eigenvalue weighted by Crippen LogP contribution is -2.22. The van der Waals surface area contributed by atoms with Crippen LogP contribution in [0, 0.1) is 5.92 Å². The van der Waals surface area contributed by atoms with Gasteiger partial charge in [-0.2, -0.15) is 0 Å². The first-order valence-corrected chi connectivity index (χ1v) is 9.25. The van der Waals surface area contributed by atoms with Crippen molar-refractivity contribution in [2.45, 2.75) is 32.2 Å². The molecule has 0 unspecified atom stereocenters. The van der Waals surface area contributed by atoms with Gasteiger partial charge in [-0.3, -0.25) is 4.79 Å². The summed E-state index contributed by atoms with van der Waals surface area (Å²) < 4.78 is 5.13. The van der Waals surface area contributed by atoms with Crippen molar-refractivity contribution in [3.8, 4) is 5.75 Å². The van der Waals surface area contributed by atoms with Crippen molar-refractivity contribution in [1.82, 2.24) is 0 Å². The summed E-state index contributed by atoms with van der Waals surface area (Å²) in [6.07, 6.45) is 4.27. The molecule has 0 aliphatic heterocycles. The second-order valence-corrected chi connectivity index (χ2v) is 6.73. The Hall–Kier alpha value is -3.02. The smallest absolute Gasteiger partial charge is 0.227 e. The molecule has 142 valence electrons. The second kappa shape index (κ2) is 9.07. The van der Waals surface area contributed by atoms with Crippen LogP contribution in [0.3, 0.4) is 0 Å². The van der Waals surface area contributed by atoms with Crippen molar-refractivity contribution in [3.63, 3.8) is 0 Å². The van der Waals surface area contributed by atoms with Gasteiger partial charge in [-0.05, 0) is 54.8 Å². The standard InChI is InChI=1S/C21H26N4O2/c1-27-19-11-9-17(10-12-19)25-21(22)23-14-15-5-4-8-18(13-15)24-20(26)16-6-2-3-7-16/h4-5,8-13,16H,2-3,6-7,14H2,1H3,(H,24,26)(H3,22,23,25). The SMILES string of the molecule is COc1ccc(NC(N)=NCc2cccc(NC(=O)C3CCCC3)c2)cc1. The molecule has 1 aliphatic carbocycles. The molecule has 0 heterocycles. The third kappa shape index (κ3) is 5.48. The summed E-state index contributed by atoms with van der Waals surface area (Å²) >= 11 is 0. The fourth-order valence-corrected chi connectivity index (χ4v) is 3.22. The van der Waals surface area contributed by atoms with Gasteiger partial charge in [0.1, 0.15) is 5.75 Å². The lowest BCUT2D eigenvalue weighted by molar-refractivity contribution is -0.119. The van der Waals surface area contributed by atoms with Crippen LogP contribution in [0.2, 0.25) is 0 Å². The van der Waals surface area contributed by atoms with Crippen LogP contribution in [0.1, 0.15) is 31.2 Å². The van der Waals surface area contributed by atoms with E-state index >= 15 is 0 Å². The van der Waals surface area contributed by atoms with Crippen LogP contribution in [0.4, 0.5) is 11.4 Å². The summed E-state index contributed by atoms with van der Waals surface area (Å²) in [4.78, 5) is 16.6. The third-order valence-electron chi connectivity index (χ3n) is 4.71. The largest absolute Gasteiger partial charge is 0.497 e. The number of nitrogens with two attached hydrogens (primary N) is 1. The second-order valence-electron chi connectivity index (χ2n) is 6.73. The molecular weight excluding hydrogens is 340 g/mol. The van der Waals surface area contributed by atoms with Crippen LogP contribution >= 0.6 is 0 Å². The van der Waals surface area contributed by atoms with Crippen molar-refractivity contribution < 1.29 is 9.53 Å². The van der Waals surface area contributed by atoms with Crippen molar-refractivity contribution in [3.05, 3.63) is 54.1 Å². The summed E-state index contributed by atoms with van der Waals surface area (Å²) in [6.45, 7) is 0.433. The molecule has 0 bridgehead atoms. The first-order chi connectivity index (χ1) is 13.1. The zero-order valence-corrected chi connectivity index (χ0v) is 15.6. The fraction of sp³-hybridized carbons (Fsp3) is 0.333. The van der Waals surface area contributed by atoms with E-state index < -0.39 is 0 Å². The molecule has 0 spiro atoms. The number of nitrogens with zero attached hydrogens (tertiary/aromatic N) is 1. The molecule has 2 aromatic carbocycles. The Morgan fingerprint density at radius 1 is 1.11 bits per heavy atom. The van der Waals surface area contributed by atoms with Gasteiger partial charge in [0.2, 0.25) is 5.91 Å². The number of hydrogen-bond donors (Lipinski definition) is 3. The molecule has 0 radical (unpaired) electrons. The molecule has 0 aromatic heterocycles. The highest BCUT2D eigenvalue weighted by molar-refractivity contribution is 5.93. The molecular formula is C21H26N4O2. The minimum atomic E-state index is 0.119. The summed E-state index contributed by atoms with van der Waals surface area (Å²) in [7, 11) is 1.63. The van der Waals surface area contributed by atoms with Crippen LogP contribution in [-0.2, 0) is 11.3 Å². The number of methoxy groups -OCH3 is 1. The Balaban J connectivity index is 1.56. The average Bonchev–Trinajstić information content (AvgIpc) is 3.22. The van der Waals surface area contributed by atoms with E-state index in [2.05, 4.69) is 15.6 Å². The van der Waals surface area contributed by atoms with Gasteiger partial charge in [0.25, 0.3) is 0 Å². The minimum absolute atomic E-state index is 0.119. The maximum atomic E-state index is 12.3. The van der Waals surface area contributed by atoms with E-state index in [0.717, 1.165) is 48.4 Å². The average molecular weight is 366 g/mol. The number of aliphatic imine (C=N–C) groups is 1. The number of carbonyl (C=O) groups is 1. The zero-order chi connectivity index (χ0) is 19.1. The van der Waals surface area contributed by atoms with Gasteiger partial charge in [0.05, 0.1) is 13.7 Å². The predicted octanol–water partition coefficient (Wildman–Crippen LogP) is 3.75. The maximum Gasteiger partial charge on any atom is 0.227 e. The molecule has 6 heteroatoms. The molecule has 1 fully saturated rings. The number of guanidine groups is 1. The highest BCUT2D eigenvalue weighted by atomic mass is 16.5. The van der Waals surface area contributed by atoms with E-state index in [0.29, 0.717) is 12.5 Å². The molecule has 2 aromatic rings. The number of nitrogens with one attached hydrogen (secondary N) is 2.